The van der Waals surface area contributed by atoms with Gasteiger partial charge >= 0.3 is 0 Å². The summed E-state index contributed by atoms with van der Waals surface area (Å²) in [5.41, 5.74) is 7.40. The molecule has 0 amide bonds. The number of benzene rings is 1. The van der Waals surface area contributed by atoms with Crippen LogP contribution in [-0.4, -0.2) is 11.2 Å². The van der Waals surface area contributed by atoms with Gasteiger partial charge in [0.1, 0.15) is 11.5 Å². The standard InChI is InChI=1S/C12H10BrN3/c13-10-6-11(12(14)16-8-10)15-7-9-4-2-1-3-5-9/h1-8H,(H2,14,16). The molecular weight excluding hydrogens is 266 g/mol. The van der Waals surface area contributed by atoms with Crippen molar-refractivity contribution in [3.05, 3.63) is 52.6 Å². The van der Waals surface area contributed by atoms with E-state index in [9.17, 15) is 0 Å². The van der Waals surface area contributed by atoms with Gasteiger partial charge in [0.05, 0.1) is 0 Å². The summed E-state index contributed by atoms with van der Waals surface area (Å²) in [6.07, 6.45) is 3.41. The summed E-state index contributed by atoms with van der Waals surface area (Å²) in [5.74, 6) is 0.426. The number of pyridine rings is 1. The van der Waals surface area contributed by atoms with Gasteiger partial charge in [-0.2, -0.15) is 0 Å². The Kier molecular flexibility index (Phi) is 3.31. The summed E-state index contributed by atoms with van der Waals surface area (Å²) in [5, 5.41) is 0. The van der Waals surface area contributed by atoms with Gasteiger partial charge in [-0.3, -0.25) is 4.99 Å². The number of aromatic nitrogens is 1. The van der Waals surface area contributed by atoms with Gasteiger partial charge in [-0.25, -0.2) is 4.98 Å². The monoisotopic (exact) mass is 275 g/mol. The first-order chi connectivity index (χ1) is 7.75. The molecule has 0 fully saturated rings. The number of nitrogens with two attached hydrogens (primary N) is 1. The third kappa shape index (κ3) is 2.67. The first-order valence-corrected chi connectivity index (χ1v) is 5.55. The van der Waals surface area contributed by atoms with Gasteiger partial charge in [-0.05, 0) is 27.6 Å². The Balaban J connectivity index is 2.27. The molecule has 0 aliphatic rings. The van der Waals surface area contributed by atoms with E-state index in [1.165, 1.54) is 0 Å². The number of halogens is 1. The van der Waals surface area contributed by atoms with E-state index in [1.807, 2.05) is 36.4 Å². The van der Waals surface area contributed by atoms with Gasteiger partial charge in [0, 0.05) is 16.9 Å². The van der Waals surface area contributed by atoms with Crippen LogP contribution in [0.2, 0.25) is 0 Å². The molecule has 80 valence electrons. The summed E-state index contributed by atoms with van der Waals surface area (Å²) < 4.78 is 0.863. The summed E-state index contributed by atoms with van der Waals surface area (Å²) in [4.78, 5) is 8.30. The van der Waals surface area contributed by atoms with Crippen LogP contribution >= 0.6 is 15.9 Å². The number of aliphatic imine (C=N–C) groups is 1. The fourth-order valence-corrected chi connectivity index (χ4v) is 1.54. The molecule has 0 aliphatic heterocycles. The van der Waals surface area contributed by atoms with Crippen LogP contribution in [0.5, 0.6) is 0 Å². The quantitative estimate of drug-likeness (QED) is 0.856. The van der Waals surface area contributed by atoms with Gasteiger partial charge in [0.15, 0.2) is 0 Å². The van der Waals surface area contributed by atoms with Crippen LogP contribution in [-0.2, 0) is 0 Å². The Morgan fingerprint density at radius 2 is 2.00 bits per heavy atom. The smallest absolute Gasteiger partial charge is 0.149 e. The van der Waals surface area contributed by atoms with Crippen LogP contribution in [0.15, 0.2) is 52.1 Å². The zero-order valence-electron chi connectivity index (χ0n) is 8.47. The zero-order chi connectivity index (χ0) is 11.4. The van der Waals surface area contributed by atoms with Crippen molar-refractivity contribution in [3.8, 4) is 0 Å². The molecule has 16 heavy (non-hydrogen) atoms. The van der Waals surface area contributed by atoms with Gasteiger partial charge in [-0.1, -0.05) is 30.3 Å². The number of rotatable bonds is 2. The third-order valence-corrected chi connectivity index (χ3v) is 2.45. The van der Waals surface area contributed by atoms with E-state index < -0.39 is 0 Å². The van der Waals surface area contributed by atoms with Crippen molar-refractivity contribution in [2.75, 3.05) is 5.73 Å². The molecule has 0 aliphatic carbocycles. The number of hydrogen-bond acceptors (Lipinski definition) is 3. The minimum atomic E-state index is 0.426. The first-order valence-electron chi connectivity index (χ1n) is 4.76. The second kappa shape index (κ2) is 4.90. The van der Waals surface area contributed by atoms with E-state index in [1.54, 1.807) is 12.4 Å². The predicted molar refractivity (Wildman–Crippen MR) is 70.0 cm³/mol. The van der Waals surface area contributed by atoms with Gasteiger partial charge < -0.3 is 5.73 Å². The molecule has 2 N–H and O–H groups in total. The first kappa shape index (κ1) is 10.8. The van der Waals surface area contributed by atoms with Crippen molar-refractivity contribution >= 4 is 33.6 Å². The van der Waals surface area contributed by atoms with Gasteiger partial charge in [-0.15, -0.1) is 0 Å². The highest BCUT2D eigenvalue weighted by molar-refractivity contribution is 9.10. The lowest BCUT2D eigenvalue weighted by atomic mass is 10.2. The van der Waals surface area contributed by atoms with Crippen molar-refractivity contribution in [2.24, 2.45) is 4.99 Å². The molecular formula is C12H10BrN3. The van der Waals surface area contributed by atoms with Crippen molar-refractivity contribution < 1.29 is 0 Å². The van der Waals surface area contributed by atoms with Crippen LogP contribution in [0.3, 0.4) is 0 Å². The van der Waals surface area contributed by atoms with Crippen LogP contribution in [0.1, 0.15) is 5.56 Å². The average Bonchev–Trinajstić information content (AvgIpc) is 2.32. The second-order valence-corrected chi connectivity index (χ2v) is 4.14. The fraction of sp³-hybridized carbons (Fsp3) is 0. The molecule has 3 nitrogen and oxygen atoms in total. The number of hydrogen-bond donors (Lipinski definition) is 1. The van der Waals surface area contributed by atoms with Gasteiger partial charge in [0.2, 0.25) is 0 Å². The van der Waals surface area contributed by atoms with E-state index in [0.717, 1.165) is 10.0 Å². The molecule has 2 aromatic rings. The summed E-state index contributed by atoms with van der Waals surface area (Å²) >= 11 is 3.33. The Morgan fingerprint density at radius 1 is 1.25 bits per heavy atom. The Bertz CT molecular complexity index is 509. The van der Waals surface area contributed by atoms with Crippen LogP contribution in [0, 0.1) is 0 Å². The predicted octanol–water partition coefficient (Wildman–Crippen LogP) is 3.18. The second-order valence-electron chi connectivity index (χ2n) is 3.23. The Morgan fingerprint density at radius 3 is 2.75 bits per heavy atom. The molecule has 1 heterocycles. The molecule has 0 spiro atoms. The van der Waals surface area contributed by atoms with Crippen LogP contribution in [0.25, 0.3) is 0 Å². The van der Waals surface area contributed by atoms with E-state index in [4.69, 9.17) is 5.73 Å². The molecule has 2 rings (SSSR count). The lowest BCUT2D eigenvalue weighted by Crippen LogP contribution is -1.90. The summed E-state index contributed by atoms with van der Waals surface area (Å²) in [7, 11) is 0. The number of nitrogens with zero attached hydrogens (tertiary/aromatic N) is 2. The maximum absolute atomic E-state index is 5.71. The maximum Gasteiger partial charge on any atom is 0.149 e. The minimum Gasteiger partial charge on any atom is -0.382 e. The molecule has 4 heteroatoms. The van der Waals surface area contributed by atoms with E-state index in [0.29, 0.717) is 11.5 Å². The average molecular weight is 276 g/mol. The molecule has 0 bridgehead atoms. The molecule has 0 atom stereocenters. The molecule has 0 radical (unpaired) electrons. The third-order valence-electron chi connectivity index (χ3n) is 2.02. The highest BCUT2D eigenvalue weighted by atomic mass is 79.9. The Hall–Kier alpha value is -1.68. The topological polar surface area (TPSA) is 51.3 Å². The number of anilines is 1. The lowest BCUT2D eigenvalue weighted by Gasteiger charge is -1.99. The molecule has 0 saturated heterocycles. The van der Waals surface area contributed by atoms with Crippen LogP contribution in [0.4, 0.5) is 11.5 Å². The summed E-state index contributed by atoms with van der Waals surface area (Å²) in [6, 6.07) is 11.7. The lowest BCUT2D eigenvalue weighted by molar-refractivity contribution is 1.30. The SMILES string of the molecule is Nc1ncc(Br)cc1N=Cc1ccccc1. The summed E-state index contributed by atoms with van der Waals surface area (Å²) in [6.45, 7) is 0. The van der Waals surface area contributed by atoms with Crippen molar-refractivity contribution in [3.63, 3.8) is 0 Å². The molecule has 1 aromatic heterocycles. The maximum atomic E-state index is 5.71. The van der Waals surface area contributed by atoms with Crippen molar-refractivity contribution in [1.29, 1.82) is 0 Å². The van der Waals surface area contributed by atoms with E-state index in [-0.39, 0.29) is 0 Å². The molecule has 1 aromatic carbocycles. The zero-order valence-corrected chi connectivity index (χ0v) is 10.1. The molecule has 0 unspecified atom stereocenters. The highest BCUT2D eigenvalue weighted by Gasteiger charge is 1.98. The fourth-order valence-electron chi connectivity index (χ4n) is 1.23. The van der Waals surface area contributed by atoms with Crippen molar-refractivity contribution in [1.82, 2.24) is 4.98 Å². The normalized spacial score (nSPS) is 10.8. The van der Waals surface area contributed by atoms with E-state index in [2.05, 4.69) is 25.9 Å². The highest BCUT2D eigenvalue weighted by Crippen LogP contribution is 2.23. The Labute approximate surface area is 102 Å². The van der Waals surface area contributed by atoms with Gasteiger partial charge in [0.25, 0.3) is 0 Å². The molecule has 0 saturated carbocycles. The number of nitrogen functional groups attached to an aromatic ring is 1. The van der Waals surface area contributed by atoms with Crippen molar-refractivity contribution in [2.45, 2.75) is 0 Å². The minimum absolute atomic E-state index is 0.426. The largest absolute Gasteiger partial charge is 0.382 e. The van der Waals surface area contributed by atoms with E-state index >= 15 is 0 Å². The van der Waals surface area contributed by atoms with Crippen LogP contribution < -0.4 is 5.73 Å².